The van der Waals surface area contributed by atoms with Gasteiger partial charge < -0.3 is 10.1 Å². The average Bonchev–Trinajstić information content (AvgIpc) is 2.79. The summed E-state index contributed by atoms with van der Waals surface area (Å²) in [6.07, 6.45) is 9.22. The van der Waals surface area contributed by atoms with Gasteiger partial charge in [0.2, 0.25) is 0 Å². The minimum atomic E-state index is 0.185. The molecule has 1 N–H and O–H groups in total. The molecule has 3 heteroatoms. The molecule has 1 unspecified atom stereocenters. The zero-order valence-corrected chi connectivity index (χ0v) is 10.2. The topological polar surface area (TPSA) is 34.1 Å². The molecular formula is C14H20N2O. The van der Waals surface area contributed by atoms with Crippen LogP contribution in [0.5, 0.6) is 0 Å². The van der Waals surface area contributed by atoms with E-state index in [-0.39, 0.29) is 5.60 Å². The summed E-state index contributed by atoms with van der Waals surface area (Å²) in [4.78, 5) is 4.34. The molecule has 0 aromatic carbocycles. The molecule has 1 aromatic rings. The number of hydrogen-bond donors (Lipinski definition) is 1. The van der Waals surface area contributed by atoms with Gasteiger partial charge in [-0.1, -0.05) is 18.9 Å². The number of aromatic nitrogens is 1. The molecule has 0 amide bonds. The van der Waals surface area contributed by atoms with Crippen molar-refractivity contribution in [2.24, 2.45) is 0 Å². The van der Waals surface area contributed by atoms with Crippen molar-refractivity contribution in [2.45, 2.75) is 50.2 Å². The van der Waals surface area contributed by atoms with Crippen LogP contribution in [0.4, 0.5) is 5.82 Å². The Hall–Kier alpha value is -1.09. The second-order valence-corrected chi connectivity index (χ2v) is 5.29. The number of pyridine rings is 1. The van der Waals surface area contributed by atoms with Crippen molar-refractivity contribution in [3.05, 3.63) is 24.4 Å². The van der Waals surface area contributed by atoms with Crippen molar-refractivity contribution < 1.29 is 4.74 Å². The SMILES string of the molecule is c1ccc(NC2CCOC3(CCCC3)C2)nc1. The molecular weight excluding hydrogens is 212 g/mol. The molecule has 1 spiro atoms. The highest BCUT2D eigenvalue weighted by Crippen LogP contribution is 2.40. The Morgan fingerprint density at radius 1 is 1.29 bits per heavy atom. The molecule has 2 aliphatic rings. The lowest BCUT2D eigenvalue weighted by atomic mass is 9.89. The van der Waals surface area contributed by atoms with Gasteiger partial charge in [0.15, 0.2) is 0 Å². The molecule has 3 rings (SSSR count). The highest BCUT2D eigenvalue weighted by Gasteiger charge is 2.39. The Bertz CT molecular complexity index is 360. The Kier molecular flexibility index (Phi) is 3.02. The number of ether oxygens (including phenoxy) is 1. The predicted octanol–water partition coefficient (Wildman–Crippen LogP) is 2.99. The van der Waals surface area contributed by atoms with E-state index in [1.54, 1.807) is 0 Å². The van der Waals surface area contributed by atoms with Crippen LogP contribution in [0, 0.1) is 0 Å². The van der Waals surface area contributed by atoms with Crippen molar-refractivity contribution in [1.29, 1.82) is 0 Å². The van der Waals surface area contributed by atoms with Gasteiger partial charge in [0.25, 0.3) is 0 Å². The molecule has 1 aliphatic heterocycles. The van der Waals surface area contributed by atoms with Crippen LogP contribution in [-0.2, 0) is 4.74 Å². The van der Waals surface area contributed by atoms with Gasteiger partial charge in [0.1, 0.15) is 5.82 Å². The molecule has 92 valence electrons. The number of anilines is 1. The van der Waals surface area contributed by atoms with E-state index in [1.807, 2.05) is 24.4 Å². The molecule has 2 fully saturated rings. The summed E-state index contributed by atoms with van der Waals surface area (Å²) in [6.45, 7) is 0.893. The van der Waals surface area contributed by atoms with Crippen molar-refractivity contribution in [2.75, 3.05) is 11.9 Å². The first-order valence-corrected chi connectivity index (χ1v) is 6.68. The minimum Gasteiger partial charge on any atom is -0.375 e. The van der Waals surface area contributed by atoms with E-state index in [2.05, 4.69) is 10.3 Å². The Morgan fingerprint density at radius 3 is 2.94 bits per heavy atom. The van der Waals surface area contributed by atoms with Crippen molar-refractivity contribution in [3.63, 3.8) is 0 Å². The Labute approximate surface area is 103 Å². The maximum Gasteiger partial charge on any atom is 0.126 e. The van der Waals surface area contributed by atoms with Gasteiger partial charge in [-0.2, -0.15) is 0 Å². The smallest absolute Gasteiger partial charge is 0.126 e. The van der Waals surface area contributed by atoms with Gasteiger partial charge in [-0.3, -0.25) is 0 Å². The van der Waals surface area contributed by atoms with E-state index in [4.69, 9.17) is 4.74 Å². The second-order valence-electron chi connectivity index (χ2n) is 5.29. The minimum absolute atomic E-state index is 0.185. The van der Waals surface area contributed by atoms with E-state index >= 15 is 0 Å². The maximum absolute atomic E-state index is 6.03. The summed E-state index contributed by atoms with van der Waals surface area (Å²) >= 11 is 0. The van der Waals surface area contributed by atoms with Gasteiger partial charge in [-0.05, 0) is 37.8 Å². The summed E-state index contributed by atoms with van der Waals surface area (Å²) in [5, 5.41) is 3.54. The van der Waals surface area contributed by atoms with Gasteiger partial charge >= 0.3 is 0 Å². The van der Waals surface area contributed by atoms with Gasteiger partial charge in [-0.15, -0.1) is 0 Å². The summed E-state index contributed by atoms with van der Waals surface area (Å²) in [7, 11) is 0. The molecule has 2 heterocycles. The lowest BCUT2D eigenvalue weighted by molar-refractivity contribution is -0.0767. The van der Waals surface area contributed by atoms with Crippen molar-refractivity contribution >= 4 is 5.82 Å². The van der Waals surface area contributed by atoms with Crippen LogP contribution in [0.3, 0.4) is 0 Å². The molecule has 0 bridgehead atoms. The molecule has 3 nitrogen and oxygen atoms in total. The number of nitrogens with one attached hydrogen (secondary N) is 1. The summed E-state index contributed by atoms with van der Waals surface area (Å²) in [5.74, 6) is 0.993. The van der Waals surface area contributed by atoms with E-state index in [0.717, 1.165) is 25.3 Å². The summed E-state index contributed by atoms with van der Waals surface area (Å²) < 4.78 is 6.03. The Balaban J connectivity index is 1.64. The third kappa shape index (κ3) is 2.44. The molecule has 17 heavy (non-hydrogen) atoms. The normalized spacial score (nSPS) is 27.2. The standard InChI is InChI=1S/C14H20N2O/c1-4-9-15-13(5-1)16-12-6-10-17-14(11-12)7-2-3-8-14/h1,4-5,9,12H,2-3,6-8,10-11H2,(H,15,16). The quantitative estimate of drug-likeness (QED) is 0.851. The van der Waals surface area contributed by atoms with Crippen LogP contribution in [-0.4, -0.2) is 23.2 Å². The molecule has 1 atom stereocenters. The highest BCUT2D eigenvalue weighted by molar-refractivity contribution is 5.34. The lowest BCUT2D eigenvalue weighted by Gasteiger charge is -2.38. The molecule has 1 saturated heterocycles. The lowest BCUT2D eigenvalue weighted by Crippen LogP contribution is -2.42. The van der Waals surface area contributed by atoms with E-state index in [9.17, 15) is 0 Å². The average molecular weight is 232 g/mol. The maximum atomic E-state index is 6.03. The van der Waals surface area contributed by atoms with Gasteiger partial charge in [0.05, 0.1) is 5.60 Å². The summed E-state index contributed by atoms with van der Waals surface area (Å²) in [5.41, 5.74) is 0.185. The Morgan fingerprint density at radius 2 is 2.18 bits per heavy atom. The predicted molar refractivity (Wildman–Crippen MR) is 68.0 cm³/mol. The van der Waals surface area contributed by atoms with Crippen LogP contribution in [0.1, 0.15) is 38.5 Å². The monoisotopic (exact) mass is 232 g/mol. The second kappa shape index (κ2) is 4.65. The van der Waals surface area contributed by atoms with E-state index in [0.29, 0.717) is 6.04 Å². The molecule has 1 saturated carbocycles. The third-order valence-corrected chi connectivity index (χ3v) is 4.02. The first kappa shape index (κ1) is 11.0. The number of nitrogens with zero attached hydrogens (tertiary/aromatic N) is 1. The molecule has 0 radical (unpaired) electrons. The van der Waals surface area contributed by atoms with E-state index in [1.165, 1.54) is 25.7 Å². The first-order chi connectivity index (χ1) is 8.36. The zero-order chi connectivity index (χ0) is 11.6. The fourth-order valence-corrected chi connectivity index (χ4v) is 3.18. The van der Waals surface area contributed by atoms with Crippen LogP contribution >= 0.6 is 0 Å². The molecule has 1 aliphatic carbocycles. The third-order valence-electron chi connectivity index (χ3n) is 4.02. The highest BCUT2D eigenvalue weighted by atomic mass is 16.5. The molecule has 1 aromatic heterocycles. The van der Waals surface area contributed by atoms with Crippen LogP contribution in [0.2, 0.25) is 0 Å². The van der Waals surface area contributed by atoms with Crippen molar-refractivity contribution in [3.8, 4) is 0 Å². The van der Waals surface area contributed by atoms with Crippen LogP contribution in [0.25, 0.3) is 0 Å². The van der Waals surface area contributed by atoms with Gasteiger partial charge in [0, 0.05) is 18.8 Å². The van der Waals surface area contributed by atoms with Crippen LogP contribution in [0.15, 0.2) is 24.4 Å². The van der Waals surface area contributed by atoms with Crippen LogP contribution < -0.4 is 5.32 Å². The fraction of sp³-hybridized carbons (Fsp3) is 0.643. The largest absolute Gasteiger partial charge is 0.375 e. The number of rotatable bonds is 2. The van der Waals surface area contributed by atoms with Crippen molar-refractivity contribution in [1.82, 2.24) is 4.98 Å². The first-order valence-electron chi connectivity index (χ1n) is 6.68. The zero-order valence-electron chi connectivity index (χ0n) is 10.2. The fourth-order valence-electron chi connectivity index (χ4n) is 3.18. The van der Waals surface area contributed by atoms with E-state index < -0.39 is 0 Å². The summed E-state index contributed by atoms with van der Waals surface area (Å²) in [6, 6.07) is 6.54. The number of hydrogen-bond acceptors (Lipinski definition) is 3. The van der Waals surface area contributed by atoms with Gasteiger partial charge in [-0.25, -0.2) is 4.98 Å².